The summed E-state index contributed by atoms with van der Waals surface area (Å²) in [5.41, 5.74) is 6.77. The molecule has 0 fully saturated rings. The maximum atomic E-state index is 13.5. The Morgan fingerprint density at radius 3 is 2.45 bits per heavy atom. The predicted molar refractivity (Wildman–Crippen MR) is 129 cm³/mol. The third-order valence-electron chi connectivity index (χ3n) is 5.36. The molecule has 0 aliphatic rings. The van der Waals surface area contributed by atoms with Crippen molar-refractivity contribution < 1.29 is 9.23 Å². The van der Waals surface area contributed by atoms with Gasteiger partial charge in [-0.3, -0.25) is 0 Å². The van der Waals surface area contributed by atoms with Crippen molar-refractivity contribution in [3.05, 3.63) is 112 Å². The lowest BCUT2D eigenvalue weighted by Gasteiger charge is -2.13. The van der Waals surface area contributed by atoms with E-state index in [-0.39, 0.29) is 5.82 Å². The number of nitrogens with zero attached hydrogens (tertiary/aromatic N) is 3. The summed E-state index contributed by atoms with van der Waals surface area (Å²) < 4.78 is 15.6. The lowest BCUT2D eigenvalue weighted by atomic mass is 10.1. The molecule has 1 aromatic heterocycles. The Balaban J connectivity index is 1.69. The van der Waals surface area contributed by atoms with Crippen molar-refractivity contribution in [2.75, 3.05) is 0 Å². The molecule has 0 saturated heterocycles. The summed E-state index contributed by atoms with van der Waals surface area (Å²) >= 11 is 6.26. The molecule has 6 heteroatoms. The molecule has 0 unspecified atom stereocenters. The molecule has 3 aromatic carbocycles. The number of rotatable bonds is 6. The van der Waals surface area contributed by atoms with Crippen LogP contribution < -0.4 is 0 Å². The van der Waals surface area contributed by atoms with Crippen LogP contribution in [0.15, 0.2) is 84.0 Å². The SMILES string of the molecule is C/C(=N/OCc1ccc(C#N)cc1)c1cc(-c2ccc(F)cc2)n(-c2cccc(Cl)c2)c1C. The predicted octanol–water partition coefficient (Wildman–Crippen LogP) is 7.06. The minimum Gasteiger partial charge on any atom is -0.391 e. The first-order valence-corrected chi connectivity index (χ1v) is 10.7. The average Bonchev–Trinajstić information content (AvgIpc) is 3.17. The standard InChI is InChI=1S/C27H21ClFN3O/c1-18(31-33-17-21-8-6-20(16-30)7-9-21)26-15-27(22-10-12-24(29)13-11-22)32(19(26)2)25-5-3-4-23(28)14-25/h3-15H,17H2,1-2H3/b31-18-. The summed E-state index contributed by atoms with van der Waals surface area (Å²) in [6, 6.07) is 25.3. The third kappa shape index (κ3) is 4.97. The number of aromatic nitrogens is 1. The van der Waals surface area contributed by atoms with Crippen LogP contribution in [0.4, 0.5) is 4.39 Å². The van der Waals surface area contributed by atoms with Gasteiger partial charge in [-0.15, -0.1) is 0 Å². The van der Waals surface area contributed by atoms with E-state index in [2.05, 4.69) is 15.8 Å². The van der Waals surface area contributed by atoms with Crippen molar-refractivity contribution in [1.29, 1.82) is 5.26 Å². The molecule has 0 saturated carbocycles. The normalized spacial score (nSPS) is 11.3. The Bertz CT molecular complexity index is 1350. The number of hydrogen-bond acceptors (Lipinski definition) is 3. The summed E-state index contributed by atoms with van der Waals surface area (Å²) in [5, 5.41) is 13.9. The largest absolute Gasteiger partial charge is 0.391 e. The van der Waals surface area contributed by atoms with Gasteiger partial charge in [0.05, 0.1) is 23.0 Å². The van der Waals surface area contributed by atoms with Crippen LogP contribution in [0.3, 0.4) is 0 Å². The molecule has 0 radical (unpaired) electrons. The van der Waals surface area contributed by atoms with Crippen LogP contribution >= 0.6 is 11.6 Å². The lowest BCUT2D eigenvalue weighted by Crippen LogP contribution is -2.02. The van der Waals surface area contributed by atoms with Gasteiger partial charge in [-0.2, -0.15) is 5.26 Å². The number of benzene rings is 3. The monoisotopic (exact) mass is 457 g/mol. The van der Waals surface area contributed by atoms with Crippen LogP contribution in [-0.2, 0) is 11.4 Å². The second kappa shape index (κ2) is 9.72. The van der Waals surface area contributed by atoms with Gasteiger partial charge in [0.1, 0.15) is 12.4 Å². The third-order valence-corrected chi connectivity index (χ3v) is 5.59. The molecule has 4 rings (SSSR count). The molecule has 1 heterocycles. The maximum Gasteiger partial charge on any atom is 0.142 e. The number of hydrogen-bond donors (Lipinski definition) is 0. The van der Waals surface area contributed by atoms with E-state index < -0.39 is 0 Å². The summed E-state index contributed by atoms with van der Waals surface area (Å²) in [6.07, 6.45) is 0. The van der Waals surface area contributed by atoms with Crippen LogP contribution in [0, 0.1) is 24.1 Å². The van der Waals surface area contributed by atoms with Crippen molar-refractivity contribution in [3.63, 3.8) is 0 Å². The van der Waals surface area contributed by atoms with Gasteiger partial charge >= 0.3 is 0 Å². The molecule has 4 nitrogen and oxygen atoms in total. The van der Waals surface area contributed by atoms with E-state index in [4.69, 9.17) is 21.7 Å². The van der Waals surface area contributed by atoms with Crippen molar-refractivity contribution >= 4 is 17.3 Å². The van der Waals surface area contributed by atoms with Crippen molar-refractivity contribution in [3.8, 4) is 23.0 Å². The van der Waals surface area contributed by atoms with Gasteiger partial charge in [-0.25, -0.2) is 4.39 Å². The molecular formula is C27H21ClFN3O. The molecule has 0 aliphatic carbocycles. The van der Waals surface area contributed by atoms with E-state index in [1.807, 2.05) is 56.3 Å². The lowest BCUT2D eigenvalue weighted by molar-refractivity contribution is 0.130. The van der Waals surface area contributed by atoms with Crippen LogP contribution in [0.2, 0.25) is 5.02 Å². The average molecular weight is 458 g/mol. The highest BCUT2D eigenvalue weighted by Gasteiger charge is 2.17. The Hall–Kier alpha value is -3.88. The van der Waals surface area contributed by atoms with Crippen LogP contribution in [0.25, 0.3) is 16.9 Å². The molecule has 0 bridgehead atoms. The molecular weight excluding hydrogens is 437 g/mol. The van der Waals surface area contributed by atoms with Crippen LogP contribution in [-0.4, -0.2) is 10.3 Å². The second-order valence-corrected chi connectivity index (χ2v) is 8.05. The Morgan fingerprint density at radius 1 is 1.06 bits per heavy atom. The fourth-order valence-electron chi connectivity index (χ4n) is 3.68. The smallest absolute Gasteiger partial charge is 0.142 e. The van der Waals surface area contributed by atoms with Gasteiger partial charge in [0.15, 0.2) is 0 Å². The van der Waals surface area contributed by atoms with E-state index in [1.54, 1.807) is 24.3 Å². The van der Waals surface area contributed by atoms with E-state index in [0.29, 0.717) is 22.9 Å². The van der Waals surface area contributed by atoms with Crippen molar-refractivity contribution in [2.24, 2.45) is 5.16 Å². The quantitative estimate of drug-likeness (QED) is 0.230. The summed E-state index contributed by atoms with van der Waals surface area (Å²) in [6.45, 7) is 4.18. The minimum atomic E-state index is -0.287. The molecule has 0 aliphatic heterocycles. The topological polar surface area (TPSA) is 50.3 Å². The molecule has 0 N–H and O–H groups in total. The fraction of sp³-hybridized carbons (Fsp3) is 0.111. The van der Waals surface area contributed by atoms with Gasteiger partial charge in [-0.05, 0) is 85.6 Å². The Kier molecular flexibility index (Phi) is 6.58. The second-order valence-electron chi connectivity index (χ2n) is 7.61. The minimum absolute atomic E-state index is 0.287. The number of nitriles is 1. The summed E-state index contributed by atoms with van der Waals surface area (Å²) in [5.74, 6) is -0.287. The Labute approximate surface area is 197 Å². The summed E-state index contributed by atoms with van der Waals surface area (Å²) in [4.78, 5) is 5.58. The van der Waals surface area contributed by atoms with Gasteiger partial charge in [0.2, 0.25) is 0 Å². The zero-order valence-corrected chi connectivity index (χ0v) is 19.0. The molecule has 0 spiro atoms. The first-order valence-electron chi connectivity index (χ1n) is 10.4. The highest BCUT2D eigenvalue weighted by atomic mass is 35.5. The van der Waals surface area contributed by atoms with Crippen molar-refractivity contribution in [1.82, 2.24) is 4.57 Å². The number of oxime groups is 1. The number of halogens is 2. The Morgan fingerprint density at radius 2 is 1.79 bits per heavy atom. The first kappa shape index (κ1) is 22.3. The summed E-state index contributed by atoms with van der Waals surface area (Å²) in [7, 11) is 0. The molecule has 0 atom stereocenters. The highest BCUT2D eigenvalue weighted by Crippen LogP contribution is 2.31. The van der Waals surface area contributed by atoms with Gasteiger partial charge in [-0.1, -0.05) is 35.0 Å². The zero-order chi connectivity index (χ0) is 23.4. The van der Waals surface area contributed by atoms with E-state index >= 15 is 0 Å². The van der Waals surface area contributed by atoms with Crippen molar-refractivity contribution in [2.45, 2.75) is 20.5 Å². The van der Waals surface area contributed by atoms with E-state index in [9.17, 15) is 4.39 Å². The molecule has 164 valence electrons. The fourth-order valence-corrected chi connectivity index (χ4v) is 3.87. The van der Waals surface area contributed by atoms with Gasteiger partial charge in [0.25, 0.3) is 0 Å². The van der Waals surface area contributed by atoms with Crippen LogP contribution in [0.5, 0.6) is 0 Å². The molecule has 4 aromatic rings. The first-order chi connectivity index (χ1) is 16.0. The molecule has 0 amide bonds. The van der Waals surface area contributed by atoms with E-state index in [0.717, 1.165) is 33.8 Å². The van der Waals surface area contributed by atoms with Gasteiger partial charge in [0, 0.05) is 22.0 Å². The highest BCUT2D eigenvalue weighted by molar-refractivity contribution is 6.30. The van der Waals surface area contributed by atoms with E-state index in [1.165, 1.54) is 12.1 Å². The maximum absolute atomic E-state index is 13.5. The van der Waals surface area contributed by atoms with Gasteiger partial charge < -0.3 is 9.40 Å². The zero-order valence-electron chi connectivity index (χ0n) is 18.2. The molecule has 33 heavy (non-hydrogen) atoms. The van der Waals surface area contributed by atoms with Crippen LogP contribution in [0.1, 0.15) is 29.3 Å².